The first kappa shape index (κ1) is 22.7. The minimum absolute atomic E-state index is 0. The van der Waals surface area contributed by atoms with E-state index in [2.05, 4.69) is 38.4 Å². The maximum Gasteiger partial charge on any atom is 0.261 e. The molecule has 0 aliphatic carbocycles. The number of ether oxygens (including phenoxy) is 1. The van der Waals surface area contributed by atoms with Gasteiger partial charge in [-0.2, -0.15) is 4.37 Å². The lowest BCUT2D eigenvalue weighted by Crippen LogP contribution is -2.47. The third-order valence-electron chi connectivity index (χ3n) is 5.92. The summed E-state index contributed by atoms with van der Waals surface area (Å²) in [6.45, 7) is 5.90. The van der Waals surface area contributed by atoms with Crippen LogP contribution in [0.5, 0.6) is 0 Å². The zero-order valence-corrected chi connectivity index (χ0v) is 19.2. The van der Waals surface area contributed by atoms with Crippen molar-refractivity contribution in [2.45, 2.75) is 0 Å². The molecule has 1 saturated heterocycles. The lowest BCUT2D eigenvalue weighted by atomic mass is 10.1. The maximum absolute atomic E-state index is 12.4. The van der Waals surface area contributed by atoms with E-state index in [0.717, 1.165) is 38.5 Å². The summed E-state index contributed by atoms with van der Waals surface area (Å²) in [5.74, 6) is 0.641. The number of amides is 2. The molecule has 3 aromatic rings. The van der Waals surface area contributed by atoms with Gasteiger partial charge in [0, 0.05) is 38.1 Å². The number of carbonyl (C=O) groups excluding carboxylic acids is 2. The van der Waals surface area contributed by atoms with Gasteiger partial charge < -0.3 is 9.64 Å². The number of anilines is 1. The SMILES string of the molecule is Cl.O=C1c2ccccc2C(=O)N1CCOCCN1CCN(c2nsc3ccccc23)CC1. The molecule has 0 radical (unpaired) electrons. The van der Waals surface area contributed by atoms with Gasteiger partial charge in [-0.15, -0.1) is 12.4 Å². The van der Waals surface area contributed by atoms with E-state index in [1.807, 2.05) is 0 Å². The predicted octanol–water partition coefficient (Wildman–Crippen LogP) is 3.15. The van der Waals surface area contributed by atoms with Crippen LogP contribution in [0.3, 0.4) is 0 Å². The van der Waals surface area contributed by atoms with Gasteiger partial charge in [0.1, 0.15) is 5.82 Å². The van der Waals surface area contributed by atoms with Gasteiger partial charge in [0.2, 0.25) is 0 Å². The van der Waals surface area contributed by atoms with Gasteiger partial charge in [-0.25, -0.2) is 0 Å². The Morgan fingerprint density at radius 1 is 0.844 bits per heavy atom. The molecular formula is C23H25ClN4O3S. The van der Waals surface area contributed by atoms with Gasteiger partial charge in [0.05, 0.1) is 35.6 Å². The van der Waals surface area contributed by atoms with Crippen molar-refractivity contribution in [1.29, 1.82) is 0 Å². The van der Waals surface area contributed by atoms with Crippen LogP contribution in [0, 0.1) is 0 Å². The van der Waals surface area contributed by atoms with E-state index in [-0.39, 0.29) is 30.8 Å². The van der Waals surface area contributed by atoms with Crippen LogP contribution in [-0.2, 0) is 4.74 Å². The quantitative estimate of drug-likeness (QED) is 0.389. The van der Waals surface area contributed by atoms with Crippen LogP contribution in [-0.4, -0.2) is 78.5 Å². The number of benzene rings is 2. The molecule has 32 heavy (non-hydrogen) atoms. The Balaban J connectivity index is 0.00000245. The summed E-state index contributed by atoms with van der Waals surface area (Å²) < 4.78 is 11.6. The third kappa shape index (κ3) is 4.36. The molecule has 7 nitrogen and oxygen atoms in total. The molecule has 5 rings (SSSR count). The van der Waals surface area contributed by atoms with E-state index in [1.165, 1.54) is 15.0 Å². The van der Waals surface area contributed by atoms with Crippen LogP contribution in [0.15, 0.2) is 48.5 Å². The molecule has 2 aliphatic rings. The molecular weight excluding hydrogens is 448 g/mol. The number of nitrogens with zero attached hydrogens (tertiary/aromatic N) is 4. The molecule has 2 aromatic carbocycles. The largest absolute Gasteiger partial charge is 0.378 e. The molecule has 0 bridgehead atoms. The minimum Gasteiger partial charge on any atom is -0.378 e. The first-order valence-corrected chi connectivity index (χ1v) is 11.3. The maximum atomic E-state index is 12.4. The average Bonchev–Trinajstić information content (AvgIpc) is 3.34. The first-order valence-electron chi connectivity index (χ1n) is 10.6. The molecule has 2 aliphatic heterocycles. The van der Waals surface area contributed by atoms with Crippen molar-refractivity contribution in [3.05, 3.63) is 59.7 Å². The van der Waals surface area contributed by atoms with E-state index in [0.29, 0.717) is 24.3 Å². The Hall–Kier alpha value is -2.52. The Morgan fingerprint density at radius 3 is 2.19 bits per heavy atom. The van der Waals surface area contributed by atoms with Crippen molar-refractivity contribution in [3.63, 3.8) is 0 Å². The standard InChI is InChI=1S/C23H24N4O3S.ClH/c28-22-17-5-1-2-6-18(17)23(29)27(22)14-16-30-15-13-25-9-11-26(12-10-25)21-19-7-3-4-8-20(19)31-24-21;/h1-8H,9-16H2;1H. The lowest BCUT2D eigenvalue weighted by molar-refractivity contribution is 0.0532. The van der Waals surface area contributed by atoms with Crippen molar-refractivity contribution >= 4 is 51.7 Å². The Kier molecular flexibility index (Phi) is 7.05. The zero-order valence-electron chi connectivity index (χ0n) is 17.6. The number of halogens is 1. The Labute approximate surface area is 197 Å². The molecule has 0 spiro atoms. The van der Waals surface area contributed by atoms with Crippen LogP contribution in [0.4, 0.5) is 5.82 Å². The zero-order chi connectivity index (χ0) is 21.2. The second-order valence-electron chi connectivity index (χ2n) is 7.75. The summed E-state index contributed by atoms with van der Waals surface area (Å²) >= 11 is 1.56. The highest BCUT2D eigenvalue weighted by Crippen LogP contribution is 2.29. The van der Waals surface area contributed by atoms with Gasteiger partial charge in [0.25, 0.3) is 11.8 Å². The second-order valence-corrected chi connectivity index (χ2v) is 8.56. The summed E-state index contributed by atoms with van der Waals surface area (Å²) in [4.78, 5) is 30.7. The van der Waals surface area contributed by atoms with Crippen LogP contribution < -0.4 is 4.90 Å². The topological polar surface area (TPSA) is 66.0 Å². The van der Waals surface area contributed by atoms with E-state index in [1.54, 1.807) is 35.8 Å². The fourth-order valence-electron chi connectivity index (χ4n) is 4.18. The van der Waals surface area contributed by atoms with Crippen LogP contribution in [0.25, 0.3) is 10.1 Å². The normalized spacial score (nSPS) is 16.5. The monoisotopic (exact) mass is 472 g/mol. The fraction of sp³-hybridized carbons (Fsp3) is 0.348. The van der Waals surface area contributed by atoms with Gasteiger partial charge in [-0.3, -0.25) is 19.4 Å². The molecule has 0 N–H and O–H groups in total. The van der Waals surface area contributed by atoms with Crippen LogP contribution >= 0.6 is 23.9 Å². The first-order chi connectivity index (χ1) is 15.2. The molecule has 168 valence electrons. The molecule has 9 heteroatoms. The van der Waals surface area contributed by atoms with Crippen LogP contribution in [0.2, 0.25) is 0 Å². The molecule has 0 unspecified atom stereocenters. The molecule has 1 fully saturated rings. The Morgan fingerprint density at radius 2 is 1.47 bits per heavy atom. The predicted molar refractivity (Wildman–Crippen MR) is 128 cm³/mol. The highest BCUT2D eigenvalue weighted by Gasteiger charge is 2.34. The van der Waals surface area contributed by atoms with Crippen molar-refractivity contribution < 1.29 is 14.3 Å². The van der Waals surface area contributed by atoms with E-state index in [9.17, 15) is 9.59 Å². The molecule has 1 aromatic heterocycles. The summed E-state index contributed by atoms with van der Waals surface area (Å²) in [5, 5.41) is 1.23. The molecule has 0 saturated carbocycles. The summed E-state index contributed by atoms with van der Waals surface area (Å²) in [6.07, 6.45) is 0. The van der Waals surface area contributed by atoms with Gasteiger partial charge in [-0.1, -0.05) is 24.3 Å². The summed E-state index contributed by atoms with van der Waals surface area (Å²) in [5.41, 5.74) is 0.969. The Bertz CT molecular complexity index is 1080. The van der Waals surface area contributed by atoms with Gasteiger partial charge >= 0.3 is 0 Å². The fourth-order valence-corrected chi connectivity index (χ4v) is 4.97. The highest BCUT2D eigenvalue weighted by molar-refractivity contribution is 7.13. The number of imide groups is 1. The number of fused-ring (bicyclic) bond motifs is 2. The number of piperazine rings is 1. The van der Waals surface area contributed by atoms with Crippen molar-refractivity contribution in [2.24, 2.45) is 0 Å². The van der Waals surface area contributed by atoms with Gasteiger partial charge in [-0.05, 0) is 35.8 Å². The van der Waals surface area contributed by atoms with Gasteiger partial charge in [0.15, 0.2) is 0 Å². The number of hydrogen-bond donors (Lipinski definition) is 0. The van der Waals surface area contributed by atoms with E-state index < -0.39 is 0 Å². The summed E-state index contributed by atoms with van der Waals surface area (Å²) in [6, 6.07) is 15.3. The molecule has 0 atom stereocenters. The smallest absolute Gasteiger partial charge is 0.261 e. The number of aromatic nitrogens is 1. The average molecular weight is 473 g/mol. The number of carbonyl (C=O) groups is 2. The highest BCUT2D eigenvalue weighted by atomic mass is 35.5. The van der Waals surface area contributed by atoms with Crippen molar-refractivity contribution in [3.8, 4) is 0 Å². The van der Waals surface area contributed by atoms with Crippen LogP contribution in [0.1, 0.15) is 20.7 Å². The van der Waals surface area contributed by atoms with Crippen molar-refractivity contribution in [2.75, 3.05) is 57.4 Å². The van der Waals surface area contributed by atoms with E-state index in [4.69, 9.17) is 4.74 Å². The second kappa shape index (κ2) is 9.95. The molecule has 2 amide bonds. The van der Waals surface area contributed by atoms with Crippen molar-refractivity contribution in [1.82, 2.24) is 14.2 Å². The third-order valence-corrected chi connectivity index (χ3v) is 6.74. The number of hydrogen-bond acceptors (Lipinski definition) is 7. The van der Waals surface area contributed by atoms with E-state index >= 15 is 0 Å². The molecule has 3 heterocycles. The lowest BCUT2D eigenvalue weighted by Gasteiger charge is -2.35. The summed E-state index contributed by atoms with van der Waals surface area (Å²) in [7, 11) is 0. The number of rotatable bonds is 7. The minimum atomic E-state index is -0.227.